The third-order valence-corrected chi connectivity index (χ3v) is 2.21. The Morgan fingerprint density at radius 2 is 1.38 bits per heavy atom. The largest absolute Gasteiger partial charge is 0.258 e. The van der Waals surface area contributed by atoms with Crippen molar-refractivity contribution in [3.63, 3.8) is 0 Å². The molecule has 1 heterocycles. The lowest BCUT2D eigenvalue weighted by Gasteiger charge is -1.96. The van der Waals surface area contributed by atoms with Gasteiger partial charge in [-0.3, -0.25) is 4.98 Å². The van der Waals surface area contributed by atoms with Crippen molar-refractivity contribution in [3.05, 3.63) is 65.0 Å². The van der Waals surface area contributed by atoms with Gasteiger partial charge in [-0.05, 0) is 38.1 Å². The number of hydrogen-bond acceptors (Lipinski definition) is 1. The summed E-state index contributed by atoms with van der Waals surface area (Å²) in [5.41, 5.74) is 4.08. The maximum absolute atomic E-state index is 4.32. The minimum Gasteiger partial charge on any atom is -0.258 e. The van der Waals surface area contributed by atoms with Crippen molar-refractivity contribution in [1.82, 2.24) is 4.98 Å². The zero-order chi connectivity index (χ0) is 11.4. The summed E-state index contributed by atoms with van der Waals surface area (Å²) in [6.07, 6.45) is 0. The van der Waals surface area contributed by atoms with Crippen molar-refractivity contribution in [3.8, 4) is 11.8 Å². The van der Waals surface area contributed by atoms with Crippen LogP contribution in [0.25, 0.3) is 0 Å². The molecule has 0 radical (unpaired) electrons. The van der Waals surface area contributed by atoms with E-state index < -0.39 is 0 Å². The molecule has 0 unspecified atom stereocenters. The lowest BCUT2D eigenvalue weighted by molar-refractivity contribution is 1.12. The summed E-state index contributed by atoms with van der Waals surface area (Å²) < 4.78 is 0. The second-order valence-electron chi connectivity index (χ2n) is 3.75. The fourth-order valence-electron chi connectivity index (χ4n) is 1.57. The maximum Gasteiger partial charge on any atom is 0.0388 e. The van der Waals surface area contributed by atoms with E-state index in [2.05, 4.69) is 16.8 Å². The first kappa shape index (κ1) is 10.4. The number of nitrogens with zero attached hydrogens (tertiary/aromatic N) is 1. The Balaban J connectivity index is 2.31. The molecule has 0 N–H and O–H groups in total. The van der Waals surface area contributed by atoms with Gasteiger partial charge in [0.15, 0.2) is 0 Å². The van der Waals surface area contributed by atoms with Gasteiger partial charge in [0, 0.05) is 22.5 Å². The highest BCUT2D eigenvalue weighted by Gasteiger charge is 1.92. The molecule has 0 fully saturated rings. The fourth-order valence-corrected chi connectivity index (χ4v) is 1.57. The van der Waals surface area contributed by atoms with Crippen LogP contribution in [0.4, 0.5) is 0 Å². The van der Waals surface area contributed by atoms with Crippen molar-refractivity contribution in [1.29, 1.82) is 0 Å². The molecule has 2 rings (SSSR count). The van der Waals surface area contributed by atoms with Gasteiger partial charge >= 0.3 is 0 Å². The summed E-state index contributed by atoms with van der Waals surface area (Å²) in [4.78, 5) is 4.32. The summed E-state index contributed by atoms with van der Waals surface area (Å²) in [6, 6.07) is 14.0. The summed E-state index contributed by atoms with van der Waals surface area (Å²) in [7, 11) is 0. The van der Waals surface area contributed by atoms with Crippen LogP contribution in [0.5, 0.6) is 0 Å². The molecule has 0 bridgehead atoms. The highest BCUT2D eigenvalue weighted by Crippen LogP contribution is 2.04. The van der Waals surface area contributed by atoms with Gasteiger partial charge < -0.3 is 0 Å². The molecule has 1 aromatic heterocycles. The molecule has 2 aromatic rings. The molecule has 0 aliphatic carbocycles. The van der Waals surface area contributed by atoms with Gasteiger partial charge in [-0.1, -0.05) is 30.0 Å². The van der Waals surface area contributed by atoms with E-state index in [0.717, 1.165) is 22.5 Å². The first-order chi connectivity index (χ1) is 7.74. The minimum atomic E-state index is 1.01. The lowest BCUT2D eigenvalue weighted by atomic mass is 10.1. The first-order valence-electron chi connectivity index (χ1n) is 5.26. The van der Waals surface area contributed by atoms with Gasteiger partial charge in [0.1, 0.15) is 0 Å². The molecule has 1 nitrogen and oxygen atoms in total. The van der Waals surface area contributed by atoms with Crippen molar-refractivity contribution in [2.24, 2.45) is 0 Å². The standard InChI is InChI=1S/C15H13N/c1-12-10-15(11-13(2)16-12)9-8-14-6-4-3-5-7-14/h3-7,10-11H,1-2H3. The molecule has 0 aliphatic rings. The average molecular weight is 207 g/mol. The molecule has 0 saturated heterocycles. The van der Waals surface area contributed by atoms with Crippen LogP contribution >= 0.6 is 0 Å². The van der Waals surface area contributed by atoms with Gasteiger partial charge in [0.25, 0.3) is 0 Å². The van der Waals surface area contributed by atoms with Crippen molar-refractivity contribution in [2.45, 2.75) is 13.8 Å². The van der Waals surface area contributed by atoms with Crippen LogP contribution in [0, 0.1) is 25.7 Å². The number of aryl methyl sites for hydroxylation is 2. The van der Waals surface area contributed by atoms with Gasteiger partial charge in [0.05, 0.1) is 0 Å². The highest BCUT2D eigenvalue weighted by molar-refractivity contribution is 5.43. The number of pyridine rings is 1. The Hall–Kier alpha value is -2.07. The Bertz CT molecular complexity index is 524. The molecule has 0 atom stereocenters. The van der Waals surface area contributed by atoms with E-state index in [4.69, 9.17) is 0 Å². The predicted molar refractivity (Wildman–Crippen MR) is 66.1 cm³/mol. The Morgan fingerprint density at radius 3 is 2.00 bits per heavy atom. The number of rotatable bonds is 0. The van der Waals surface area contributed by atoms with E-state index in [1.54, 1.807) is 0 Å². The normalized spacial score (nSPS) is 9.38. The fraction of sp³-hybridized carbons (Fsp3) is 0.133. The Morgan fingerprint density at radius 1 is 0.812 bits per heavy atom. The molecule has 0 amide bonds. The smallest absolute Gasteiger partial charge is 0.0388 e. The second-order valence-corrected chi connectivity index (χ2v) is 3.75. The molecule has 0 aliphatic heterocycles. The molecule has 78 valence electrons. The quantitative estimate of drug-likeness (QED) is 0.605. The predicted octanol–water partition coefficient (Wildman–Crippen LogP) is 3.10. The average Bonchev–Trinajstić information content (AvgIpc) is 2.27. The molecule has 1 heteroatoms. The van der Waals surface area contributed by atoms with Crippen molar-refractivity contribution >= 4 is 0 Å². The van der Waals surface area contributed by atoms with E-state index >= 15 is 0 Å². The number of benzene rings is 1. The van der Waals surface area contributed by atoms with Crippen LogP contribution in [0.15, 0.2) is 42.5 Å². The van der Waals surface area contributed by atoms with Gasteiger partial charge in [-0.15, -0.1) is 0 Å². The zero-order valence-corrected chi connectivity index (χ0v) is 9.49. The van der Waals surface area contributed by atoms with Crippen LogP contribution in [0.2, 0.25) is 0 Å². The van der Waals surface area contributed by atoms with E-state index in [9.17, 15) is 0 Å². The minimum absolute atomic E-state index is 1.01. The van der Waals surface area contributed by atoms with Crippen LogP contribution in [-0.4, -0.2) is 4.98 Å². The molecule has 1 aromatic carbocycles. The zero-order valence-electron chi connectivity index (χ0n) is 9.49. The maximum atomic E-state index is 4.32. The van der Waals surface area contributed by atoms with E-state index in [1.165, 1.54) is 0 Å². The number of hydrogen-bond donors (Lipinski definition) is 0. The van der Waals surface area contributed by atoms with Gasteiger partial charge in [-0.2, -0.15) is 0 Å². The summed E-state index contributed by atoms with van der Waals surface area (Å²) in [5, 5.41) is 0. The van der Waals surface area contributed by atoms with Gasteiger partial charge in [-0.25, -0.2) is 0 Å². The van der Waals surface area contributed by atoms with Crippen LogP contribution in [0.3, 0.4) is 0 Å². The monoisotopic (exact) mass is 207 g/mol. The third kappa shape index (κ3) is 2.71. The summed E-state index contributed by atoms with van der Waals surface area (Å²) in [5.74, 6) is 6.29. The van der Waals surface area contributed by atoms with Crippen LogP contribution in [-0.2, 0) is 0 Å². The Labute approximate surface area is 96.2 Å². The SMILES string of the molecule is Cc1cc(C#Cc2ccccc2)cc(C)n1. The van der Waals surface area contributed by atoms with Crippen LogP contribution in [0.1, 0.15) is 22.5 Å². The summed E-state index contributed by atoms with van der Waals surface area (Å²) in [6.45, 7) is 3.97. The van der Waals surface area contributed by atoms with Crippen molar-refractivity contribution < 1.29 is 0 Å². The van der Waals surface area contributed by atoms with E-state index in [-0.39, 0.29) is 0 Å². The van der Waals surface area contributed by atoms with Crippen molar-refractivity contribution in [2.75, 3.05) is 0 Å². The lowest BCUT2D eigenvalue weighted by Crippen LogP contribution is -1.87. The molecule has 0 saturated carbocycles. The first-order valence-corrected chi connectivity index (χ1v) is 5.26. The van der Waals surface area contributed by atoms with E-state index in [1.807, 2.05) is 56.3 Å². The van der Waals surface area contributed by atoms with Crippen LogP contribution < -0.4 is 0 Å². The summed E-state index contributed by atoms with van der Waals surface area (Å²) >= 11 is 0. The highest BCUT2D eigenvalue weighted by atomic mass is 14.7. The molecule has 16 heavy (non-hydrogen) atoms. The second kappa shape index (κ2) is 4.63. The van der Waals surface area contributed by atoms with E-state index in [0.29, 0.717) is 0 Å². The Kier molecular flexibility index (Phi) is 3.03. The molecular weight excluding hydrogens is 194 g/mol. The number of aromatic nitrogens is 1. The molecule has 0 spiro atoms. The molecular formula is C15H13N. The third-order valence-electron chi connectivity index (χ3n) is 2.21. The topological polar surface area (TPSA) is 12.9 Å². The van der Waals surface area contributed by atoms with Gasteiger partial charge in [0.2, 0.25) is 0 Å².